The minimum Gasteiger partial charge on any atom is -0.337 e. The van der Waals surface area contributed by atoms with Gasteiger partial charge in [-0.15, -0.1) is 0 Å². The molecule has 0 aliphatic heterocycles. The molecule has 1 aromatic rings. The number of nitrogens with zero attached hydrogens (tertiary/aromatic N) is 2. The summed E-state index contributed by atoms with van der Waals surface area (Å²) in [5.41, 5.74) is 1.67. The molecule has 0 saturated heterocycles. The van der Waals surface area contributed by atoms with Crippen molar-refractivity contribution in [2.24, 2.45) is 7.05 Å². The zero-order chi connectivity index (χ0) is 8.60. The molecule has 0 amide bonds. The van der Waals surface area contributed by atoms with Gasteiger partial charge in [-0.05, 0) is 19.8 Å². The van der Waals surface area contributed by atoms with Gasteiger partial charge in [0, 0.05) is 25.3 Å². The lowest BCUT2D eigenvalue weighted by atomic mass is 10.3. The average Bonchev–Trinajstić information content (AvgIpc) is 2.61. The Morgan fingerprint density at radius 2 is 2.42 bits per heavy atom. The summed E-state index contributed by atoms with van der Waals surface area (Å²) in [5.74, 6) is 0. The molecule has 12 heavy (non-hydrogen) atoms. The summed E-state index contributed by atoms with van der Waals surface area (Å²) in [4.78, 5) is 4.07. The number of nitrogens with one attached hydrogen (secondary N) is 1. The lowest BCUT2D eigenvalue weighted by molar-refractivity contribution is 0.524. The highest BCUT2D eigenvalue weighted by atomic mass is 15.1. The quantitative estimate of drug-likeness (QED) is 0.726. The Hall–Kier alpha value is -0.830. The highest BCUT2D eigenvalue weighted by molar-refractivity contribution is 5.03. The molecule has 2 rings (SSSR count). The maximum absolute atomic E-state index is 4.07. The molecule has 1 aliphatic carbocycles. The van der Waals surface area contributed by atoms with Crippen molar-refractivity contribution in [2.75, 3.05) is 0 Å². The molecule has 1 aromatic heterocycles. The first-order valence-corrected chi connectivity index (χ1v) is 4.40. The first kappa shape index (κ1) is 7.80. The van der Waals surface area contributed by atoms with Gasteiger partial charge in [0.15, 0.2) is 0 Å². The molecule has 1 fully saturated rings. The van der Waals surface area contributed by atoms with Crippen molar-refractivity contribution in [1.29, 1.82) is 0 Å². The largest absolute Gasteiger partial charge is 0.337 e. The molecule has 0 bridgehead atoms. The van der Waals surface area contributed by atoms with Crippen molar-refractivity contribution in [2.45, 2.75) is 31.8 Å². The minimum atomic E-state index is 0.421. The molecular formula is C9H15N3. The van der Waals surface area contributed by atoms with E-state index in [2.05, 4.69) is 21.8 Å². The van der Waals surface area contributed by atoms with Crippen LogP contribution in [0.4, 0.5) is 0 Å². The van der Waals surface area contributed by atoms with E-state index in [4.69, 9.17) is 0 Å². The zero-order valence-electron chi connectivity index (χ0n) is 7.67. The van der Waals surface area contributed by atoms with E-state index in [0.717, 1.165) is 6.54 Å². The van der Waals surface area contributed by atoms with Crippen LogP contribution < -0.4 is 5.32 Å². The summed E-state index contributed by atoms with van der Waals surface area (Å²) < 4.78 is 2.05. The summed E-state index contributed by atoms with van der Waals surface area (Å²) >= 11 is 0. The molecule has 1 N–H and O–H groups in total. The molecule has 3 heteroatoms. The molecule has 66 valence electrons. The summed E-state index contributed by atoms with van der Waals surface area (Å²) in [6.45, 7) is 3.20. The van der Waals surface area contributed by atoms with E-state index in [1.54, 1.807) is 0 Å². The van der Waals surface area contributed by atoms with Gasteiger partial charge in [-0.1, -0.05) is 0 Å². The van der Waals surface area contributed by atoms with Crippen LogP contribution in [0, 0.1) is 0 Å². The first-order valence-electron chi connectivity index (χ1n) is 4.40. The fourth-order valence-corrected chi connectivity index (χ4v) is 1.22. The smallest absolute Gasteiger partial charge is 0.0945 e. The second-order valence-corrected chi connectivity index (χ2v) is 3.91. The minimum absolute atomic E-state index is 0.421. The first-order chi connectivity index (χ1) is 5.70. The third-order valence-corrected chi connectivity index (χ3v) is 2.61. The van der Waals surface area contributed by atoms with E-state index < -0.39 is 0 Å². The summed E-state index contributed by atoms with van der Waals surface area (Å²) in [7, 11) is 2.03. The predicted molar refractivity (Wildman–Crippen MR) is 47.7 cm³/mol. The number of hydrogen-bond acceptors (Lipinski definition) is 2. The number of aryl methyl sites for hydroxylation is 1. The highest BCUT2D eigenvalue weighted by Gasteiger charge is 2.36. The second kappa shape index (κ2) is 2.59. The van der Waals surface area contributed by atoms with Gasteiger partial charge in [0.25, 0.3) is 0 Å². The lowest BCUT2D eigenvalue weighted by Crippen LogP contribution is -2.27. The van der Waals surface area contributed by atoms with Gasteiger partial charge in [0.05, 0.1) is 12.0 Å². The van der Waals surface area contributed by atoms with Crippen molar-refractivity contribution in [1.82, 2.24) is 14.9 Å². The normalized spacial score (nSPS) is 19.5. The van der Waals surface area contributed by atoms with Crippen molar-refractivity contribution < 1.29 is 0 Å². The molecule has 0 unspecified atom stereocenters. The van der Waals surface area contributed by atoms with Crippen LogP contribution in [-0.4, -0.2) is 15.1 Å². The molecule has 0 atom stereocenters. The molecule has 0 aromatic carbocycles. The van der Waals surface area contributed by atoms with Crippen LogP contribution >= 0.6 is 0 Å². The Kier molecular flexibility index (Phi) is 1.68. The molecule has 1 saturated carbocycles. The Morgan fingerprint density at radius 3 is 2.92 bits per heavy atom. The van der Waals surface area contributed by atoms with Crippen LogP contribution in [0.25, 0.3) is 0 Å². The second-order valence-electron chi connectivity index (χ2n) is 3.91. The molecule has 3 nitrogen and oxygen atoms in total. The zero-order valence-corrected chi connectivity index (χ0v) is 7.67. The highest BCUT2D eigenvalue weighted by Crippen LogP contribution is 2.34. The van der Waals surface area contributed by atoms with E-state index in [0.29, 0.717) is 5.54 Å². The van der Waals surface area contributed by atoms with Crippen LogP contribution in [0.2, 0.25) is 0 Å². The van der Waals surface area contributed by atoms with Crippen LogP contribution in [-0.2, 0) is 13.6 Å². The fraction of sp³-hybridized carbons (Fsp3) is 0.667. The van der Waals surface area contributed by atoms with Gasteiger partial charge < -0.3 is 9.88 Å². The molecule has 1 heterocycles. The standard InChI is InChI=1S/C9H15N3/c1-9(3-4-9)11-6-8-5-10-7-12(8)2/h5,7,11H,3-4,6H2,1-2H3. The Balaban J connectivity index is 1.91. The number of hydrogen-bond donors (Lipinski definition) is 1. The van der Waals surface area contributed by atoms with E-state index >= 15 is 0 Å². The average molecular weight is 165 g/mol. The van der Waals surface area contributed by atoms with E-state index in [9.17, 15) is 0 Å². The van der Waals surface area contributed by atoms with Crippen molar-refractivity contribution in [3.05, 3.63) is 18.2 Å². The van der Waals surface area contributed by atoms with Gasteiger partial charge in [-0.2, -0.15) is 0 Å². The van der Waals surface area contributed by atoms with Crippen molar-refractivity contribution in [3.63, 3.8) is 0 Å². The third kappa shape index (κ3) is 1.50. The van der Waals surface area contributed by atoms with Crippen LogP contribution in [0.5, 0.6) is 0 Å². The van der Waals surface area contributed by atoms with Crippen LogP contribution in [0.15, 0.2) is 12.5 Å². The summed E-state index contributed by atoms with van der Waals surface area (Å²) in [5, 5.41) is 3.52. The molecular weight excluding hydrogens is 150 g/mol. The maximum atomic E-state index is 4.07. The van der Waals surface area contributed by atoms with E-state index in [1.807, 2.05) is 19.6 Å². The van der Waals surface area contributed by atoms with Gasteiger partial charge >= 0.3 is 0 Å². The Bertz CT molecular complexity index is 273. The van der Waals surface area contributed by atoms with E-state index in [-0.39, 0.29) is 0 Å². The monoisotopic (exact) mass is 165 g/mol. The van der Waals surface area contributed by atoms with Gasteiger partial charge in [-0.3, -0.25) is 0 Å². The van der Waals surface area contributed by atoms with Gasteiger partial charge in [0.2, 0.25) is 0 Å². The third-order valence-electron chi connectivity index (χ3n) is 2.61. The van der Waals surface area contributed by atoms with Crippen LogP contribution in [0.3, 0.4) is 0 Å². The van der Waals surface area contributed by atoms with Crippen molar-refractivity contribution in [3.8, 4) is 0 Å². The lowest BCUT2D eigenvalue weighted by Gasteiger charge is -2.10. The SMILES string of the molecule is Cn1cncc1CNC1(C)CC1. The van der Waals surface area contributed by atoms with Crippen LogP contribution in [0.1, 0.15) is 25.5 Å². The topological polar surface area (TPSA) is 29.9 Å². The molecule has 0 radical (unpaired) electrons. The van der Waals surface area contributed by atoms with Crippen molar-refractivity contribution >= 4 is 0 Å². The Morgan fingerprint density at radius 1 is 1.67 bits per heavy atom. The van der Waals surface area contributed by atoms with Gasteiger partial charge in [-0.25, -0.2) is 4.98 Å². The van der Waals surface area contributed by atoms with E-state index in [1.165, 1.54) is 18.5 Å². The fourth-order valence-electron chi connectivity index (χ4n) is 1.22. The molecule has 1 aliphatic rings. The predicted octanol–water partition coefficient (Wildman–Crippen LogP) is 1.06. The number of rotatable bonds is 3. The Labute approximate surface area is 72.8 Å². The van der Waals surface area contributed by atoms with Gasteiger partial charge in [0.1, 0.15) is 0 Å². The number of aromatic nitrogens is 2. The number of imidazole rings is 1. The summed E-state index contributed by atoms with van der Waals surface area (Å²) in [6, 6.07) is 0. The molecule has 0 spiro atoms. The summed E-state index contributed by atoms with van der Waals surface area (Å²) in [6.07, 6.45) is 6.38. The maximum Gasteiger partial charge on any atom is 0.0945 e.